The fraction of sp³-hybridized carbons (Fsp3) is 0.333. The van der Waals surface area contributed by atoms with Crippen molar-refractivity contribution in [3.8, 4) is 5.75 Å². The lowest BCUT2D eigenvalue weighted by molar-refractivity contribution is -0.139. The molecule has 5 heteroatoms. The van der Waals surface area contributed by atoms with Crippen LogP contribution >= 0.6 is 0 Å². The molecule has 0 unspecified atom stereocenters. The molecule has 1 aromatic rings. The number of hydrogen-bond donors (Lipinski definition) is 1. The van der Waals surface area contributed by atoms with Crippen molar-refractivity contribution < 1.29 is 17.9 Å². The quantitative estimate of drug-likeness (QED) is 0.770. The van der Waals surface area contributed by atoms with E-state index in [2.05, 4.69) is 0 Å². The highest BCUT2D eigenvalue weighted by atomic mass is 19.4. The second-order valence-corrected chi connectivity index (χ2v) is 2.79. The molecule has 1 aromatic carbocycles. The van der Waals surface area contributed by atoms with Gasteiger partial charge in [0.15, 0.2) is 0 Å². The van der Waals surface area contributed by atoms with Gasteiger partial charge in [-0.15, -0.1) is 0 Å². The van der Waals surface area contributed by atoms with Crippen molar-refractivity contribution >= 4 is 5.69 Å². The van der Waals surface area contributed by atoms with Gasteiger partial charge in [0.05, 0.1) is 13.0 Å². The van der Waals surface area contributed by atoms with Crippen LogP contribution in [0.1, 0.15) is 6.42 Å². The third-order valence-electron chi connectivity index (χ3n) is 1.51. The van der Waals surface area contributed by atoms with E-state index in [1.54, 1.807) is 18.2 Å². The third kappa shape index (κ3) is 4.02. The van der Waals surface area contributed by atoms with E-state index in [9.17, 15) is 13.2 Å². The summed E-state index contributed by atoms with van der Waals surface area (Å²) in [5, 5.41) is 0. The molecular formula is C9H10F3NO. The van der Waals surface area contributed by atoms with Crippen molar-refractivity contribution in [3.63, 3.8) is 0 Å². The number of nitrogen functional groups attached to an aromatic ring is 1. The van der Waals surface area contributed by atoms with Gasteiger partial charge in [-0.25, -0.2) is 0 Å². The van der Waals surface area contributed by atoms with Crippen LogP contribution in [0.4, 0.5) is 18.9 Å². The topological polar surface area (TPSA) is 35.2 Å². The molecule has 14 heavy (non-hydrogen) atoms. The number of nitrogens with two attached hydrogens (primary N) is 1. The van der Waals surface area contributed by atoms with Gasteiger partial charge < -0.3 is 10.5 Å². The van der Waals surface area contributed by atoms with Crippen molar-refractivity contribution in [3.05, 3.63) is 24.3 Å². The zero-order chi connectivity index (χ0) is 10.6. The Morgan fingerprint density at radius 3 is 2.57 bits per heavy atom. The number of alkyl halides is 3. The standard InChI is InChI=1S/C9H10F3NO/c10-9(11,12)4-5-14-8-3-1-2-7(13)6-8/h1-3,6H,4-5,13H2. The maximum absolute atomic E-state index is 11.7. The molecule has 2 N–H and O–H groups in total. The summed E-state index contributed by atoms with van der Waals surface area (Å²) in [4.78, 5) is 0. The Morgan fingerprint density at radius 1 is 1.29 bits per heavy atom. The molecule has 0 spiro atoms. The zero-order valence-corrected chi connectivity index (χ0v) is 7.34. The van der Waals surface area contributed by atoms with Crippen LogP contribution in [-0.2, 0) is 0 Å². The van der Waals surface area contributed by atoms with Gasteiger partial charge in [-0.1, -0.05) is 6.07 Å². The van der Waals surface area contributed by atoms with Gasteiger partial charge >= 0.3 is 6.18 Å². The van der Waals surface area contributed by atoms with Crippen molar-refractivity contribution in [2.45, 2.75) is 12.6 Å². The van der Waals surface area contributed by atoms with Crippen molar-refractivity contribution in [1.29, 1.82) is 0 Å². The molecule has 0 aromatic heterocycles. The molecule has 0 aliphatic rings. The van der Waals surface area contributed by atoms with Crippen LogP contribution in [0.3, 0.4) is 0 Å². The van der Waals surface area contributed by atoms with Gasteiger partial charge in [-0.05, 0) is 12.1 Å². The molecule has 78 valence electrons. The molecule has 2 nitrogen and oxygen atoms in total. The number of halogens is 3. The normalized spacial score (nSPS) is 11.4. The second-order valence-electron chi connectivity index (χ2n) is 2.79. The van der Waals surface area contributed by atoms with Gasteiger partial charge in [-0.2, -0.15) is 13.2 Å². The summed E-state index contributed by atoms with van der Waals surface area (Å²) >= 11 is 0. The Kier molecular flexibility index (Phi) is 3.22. The molecule has 0 atom stereocenters. The Balaban J connectivity index is 2.39. The van der Waals surface area contributed by atoms with Crippen molar-refractivity contribution in [1.82, 2.24) is 0 Å². The lowest BCUT2D eigenvalue weighted by Crippen LogP contribution is -2.13. The predicted molar refractivity (Wildman–Crippen MR) is 47.0 cm³/mol. The molecule has 0 amide bonds. The summed E-state index contributed by atoms with van der Waals surface area (Å²) in [6.07, 6.45) is -5.14. The van der Waals surface area contributed by atoms with Crippen LogP contribution in [0.5, 0.6) is 5.75 Å². The maximum Gasteiger partial charge on any atom is 0.392 e. The molecule has 1 rings (SSSR count). The molecule has 0 aliphatic carbocycles. The second kappa shape index (κ2) is 4.21. The highest BCUT2D eigenvalue weighted by Gasteiger charge is 2.26. The first-order valence-corrected chi connectivity index (χ1v) is 4.02. The first kappa shape index (κ1) is 10.7. The van der Waals surface area contributed by atoms with E-state index in [0.29, 0.717) is 11.4 Å². The van der Waals surface area contributed by atoms with Crippen LogP contribution in [-0.4, -0.2) is 12.8 Å². The molecule has 0 fully saturated rings. The summed E-state index contributed by atoms with van der Waals surface area (Å²) < 4.78 is 40.1. The van der Waals surface area contributed by atoms with Crippen LogP contribution in [0.15, 0.2) is 24.3 Å². The summed E-state index contributed by atoms with van der Waals surface area (Å²) in [7, 11) is 0. The average molecular weight is 205 g/mol. The van der Waals surface area contributed by atoms with E-state index in [1.165, 1.54) is 6.07 Å². The summed E-state index contributed by atoms with van der Waals surface area (Å²) in [5.41, 5.74) is 5.88. The van der Waals surface area contributed by atoms with E-state index < -0.39 is 12.6 Å². The lowest BCUT2D eigenvalue weighted by Gasteiger charge is -2.08. The van der Waals surface area contributed by atoms with Gasteiger partial charge in [0.25, 0.3) is 0 Å². The maximum atomic E-state index is 11.7. The Morgan fingerprint density at radius 2 is 2.00 bits per heavy atom. The first-order chi connectivity index (χ1) is 6.47. The Bertz CT molecular complexity index is 298. The SMILES string of the molecule is Nc1cccc(OCCC(F)(F)F)c1. The molecule has 0 heterocycles. The smallest absolute Gasteiger partial charge is 0.392 e. The van der Waals surface area contributed by atoms with Crippen LogP contribution in [0.2, 0.25) is 0 Å². The predicted octanol–water partition coefficient (Wildman–Crippen LogP) is 2.60. The minimum absolute atomic E-state index is 0.356. The minimum Gasteiger partial charge on any atom is -0.493 e. The van der Waals surface area contributed by atoms with Crippen LogP contribution < -0.4 is 10.5 Å². The van der Waals surface area contributed by atoms with E-state index in [4.69, 9.17) is 10.5 Å². The highest BCUT2D eigenvalue weighted by molar-refractivity contribution is 5.43. The van der Waals surface area contributed by atoms with E-state index in [1.807, 2.05) is 0 Å². The average Bonchev–Trinajstić information content (AvgIpc) is 2.01. The largest absolute Gasteiger partial charge is 0.493 e. The number of hydrogen-bond acceptors (Lipinski definition) is 2. The monoisotopic (exact) mass is 205 g/mol. The van der Waals surface area contributed by atoms with E-state index >= 15 is 0 Å². The minimum atomic E-state index is -4.18. The van der Waals surface area contributed by atoms with Gasteiger partial charge in [0.1, 0.15) is 5.75 Å². The van der Waals surface area contributed by atoms with Gasteiger partial charge in [0, 0.05) is 11.8 Å². The van der Waals surface area contributed by atoms with Crippen molar-refractivity contribution in [2.24, 2.45) is 0 Å². The summed E-state index contributed by atoms with van der Waals surface area (Å²) in [6.45, 7) is -0.382. The number of benzene rings is 1. The number of anilines is 1. The molecule has 0 saturated heterocycles. The van der Waals surface area contributed by atoms with Crippen LogP contribution in [0.25, 0.3) is 0 Å². The van der Waals surface area contributed by atoms with E-state index in [0.717, 1.165) is 0 Å². The fourth-order valence-corrected chi connectivity index (χ4v) is 0.889. The van der Waals surface area contributed by atoms with Crippen molar-refractivity contribution in [2.75, 3.05) is 12.3 Å². The highest BCUT2D eigenvalue weighted by Crippen LogP contribution is 2.21. The Hall–Kier alpha value is -1.39. The first-order valence-electron chi connectivity index (χ1n) is 4.02. The number of rotatable bonds is 3. The Labute approximate surface area is 79.5 Å². The molecule has 0 saturated carbocycles. The zero-order valence-electron chi connectivity index (χ0n) is 7.34. The van der Waals surface area contributed by atoms with E-state index in [-0.39, 0.29) is 6.61 Å². The summed E-state index contributed by atoms with van der Waals surface area (Å²) in [5.74, 6) is 0.356. The van der Waals surface area contributed by atoms with Gasteiger partial charge in [-0.3, -0.25) is 0 Å². The third-order valence-corrected chi connectivity index (χ3v) is 1.51. The number of ether oxygens (including phenoxy) is 1. The lowest BCUT2D eigenvalue weighted by atomic mass is 10.3. The molecule has 0 radical (unpaired) electrons. The molecule has 0 aliphatic heterocycles. The van der Waals surface area contributed by atoms with Crippen LogP contribution in [0, 0.1) is 0 Å². The fourth-order valence-electron chi connectivity index (χ4n) is 0.889. The summed E-state index contributed by atoms with van der Waals surface area (Å²) in [6, 6.07) is 6.30. The molecule has 0 bridgehead atoms. The van der Waals surface area contributed by atoms with Gasteiger partial charge in [0.2, 0.25) is 0 Å². The molecular weight excluding hydrogens is 195 g/mol.